The number of rotatable bonds is 4. The molecule has 0 saturated heterocycles. The maximum absolute atomic E-state index is 12.0. The zero-order valence-corrected chi connectivity index (χ0v) is 10.2. The van der Waals surface area contributed by atoms with Gasteiger partial charge in [0.15, 0.2) is 0 Å². The molecule has 0 saturated carbocycles. The number of aliphatic hydroxyl groups excluding tert-OH is 1. The average Bonchev–Trinajstić information content (AvgIpc) is 2.22. The fourth-order valence-electron chi connectivity index (χ4n) is 1.25. The van der Waals surface area contributed by atoms with Crippen molar-refractivity contribution in [1.29, 1.82) is 0 Å². The van der Waals surface area contributed by atoms with Gasteiger partial charge in [-0.15, -0.1) is 0 Å². The minimum atomic E-state index is -3.52. The van der Waals surface area contributed by atoms with Crippen LogP contribution in [-0.4, -0.2) is 38.0 Å². The zero-order valence-electron chi connectivity index (χ0n) is 9.34. The van der Waals surface area contributed by atoms with Crippen LogP contribution in [0.25, 0.3) is 0 Å². The molecule has 0 atom stereocenters. The average molecular weight is 244 g/mol. The van der Waals surface area contributed by atoms with Crippen molar-refractivity contribution in [3.05, 3.63) is 23.8 Å². The van der Waals surface area contributed by atoms with E-state index in [2.05, 4.69) is 0 Å². The first kappa shape index (κ1) is 13.0. The molecule has 0 fully saturated rings. The number of nitrogens with two attached hydrogens (primary N) is 1. The maximum Gasteiger partial charge on any atom is 0.242 e. The summed E-state index contributed by atoms with van der Waals surface area (Å²) < 4.78 is 25.0. The van der Waals surface area contributed by atoms with Crippen molar-refractivity contribution in [2.45, 2.75) is 11.8 Å². The first-order chi connectivity index (χ1) is 7.39. The quantitative estimate of drug-likeness (QED) is 0.741. The fraction of sp³-hybridized carbons (Fsp3) is 0.400. The van der Waals surface area contributed by atoms with Gasteiger partial charge in [-0.05, 0) is 30.7 Å². The van der Waals surface area contributed by atoms with E-state index in [-0.39, 0.29) is 18.0 Å². The number of aliphatic hydroxyl groups is 1. The minimum absolute atomic E-state index is 0.0752. The second-order valence-electron chi connectivity index (χ2n) is 3.57. The van der Waals surface area contributed by atoms with Crippen LogP contribution in [0.3, 0.4) is 0 Å². The molecule has 0 heterocycles. The highest BCUT2D eigenvalue weighted by atomic mass is 32.2. The van der Waals surface area contributed by atoms with Gasteiger partial charge in [-0.25, -0.2) is 8.42 Å². The lowest BCUT2D eigenvalue weighted by molar-refractivity contribution is 0.266. The zero-order chi connectivity index (χ0) is 12.3. The maximum atomic E-state index is 12.0. The Kier molecular flexibility index (Phi) is 3.90. The standard InChI is InChI=1S/C10H16N2O3S/c1-8-7-9(3-4-10(8)11)16(14,15)12(2)5-6-13/h3-4,7,13H,5-6,11H2,1-2H3. The van der Waals surface area contributed by atoms with Crippen LogP contribution in [0.15, 0.2) is 23.1 Å². The highest BCUT2D eigenvalue weighted by Gasteiger charge is 2.20. The molecule has 90 valence electrons. The number of benzene rings is 1. The van der Waals surface area contributed by atoms with Gasteiger partial charge in [0.1, 0.15) is 0 Å². The van der Waals surface area contributed by atoms with E-state index >= 15 is 0 Å². The van der Waals surface area contributed by atoms with Gasteiger partial charge in [-0.2, -0.15) is 4.31 Å². The smallest absolute Gasteiger partial charge is 0.242 e. The molecule has 0 unspecified atom stereocenters. The highest BCUT2D eigenvalue weighted by molar-refractivity contribution is 7.89. The molecular formula is C10H16N2O3S. The molecule has 1 aromatic rings. The highest BCUT2D eigenvalue weighted by Crippen LogP contribution is 2.19. The third kappa shape index (κ3) is 2.52. The number of sulfonamides is 1. The van der Waals surface area contributed by atoms with Gasteiger partial charge >= 0.3 is 0 Å². The SMILES string of the molecule is Cc1cc(S(=O)(=O)N(C)CCO)ccc1N. The predicted octanol–water partition coefficient (Wildman–Crippen LogP) is 0.190. The summed E-state index contributed by atoms with van der Waals surface area (Å²) in [6.07, 6.45) is 0. The predicted molar refractivity (Wildman–Crippen MR) is 62.5 cm³/mol. The number of likely N-dealkylation sites (N-methyl/N-ethyl adjacent to an activating group) is 1. The van der Waals surface area contributed by atoms with E-state index < -0.39 is 10.0 Å². The molecule has 5 nitrogen and oxygen atoms in total. The first-order valence-corrected chi connectivity index (χ1v) is 6.27. The molecule has 0 aromatic heterocycles. The van der Waals surface area contributed by atoms with Crippen LogP contribution in [0, 0.1) is 6.92 Å². The van der Waals surface area contributed by atoms with Gasteiger partial charge in [-0.1, -0.05) is 0 Å². The lowest BCUT2D eigenvalue weighted by Crippen LogP contribution is -2.29. The van der Waals surface area contributed by atoms with Crippen LogP contribution < -0.4 is 5.73 Å². The summed E-state index contributed by atoms with van der Waals surface area (Å²) in [6, 6.07) is 4.55. The van der Waals surface area contributed by atoms with Crippen LogP contribution >= 0.6 is 0 Å². The Labute approximate surface area is 95.5 Å². The second-order valence-corrected chi connectivity index (χ2v) is 5.61. The molecule has 16 heavy (non-hydrogen) atoms. The van der Waals surface area contributed by atoms with Crippen LogP contribution in [0.1, 0.15) is 5.56 Å². The van der Waals surface area contributed by atoms with E-state index in [0.717, 1.165) is 9.87 Å². The van der Waals surface area contributed by atoms with Crippen molar-refractivity contribution in [3.63, 3.8) is 0 Å². The van der Waals surface area contributed by atoms with E-state index in [1.165, 1.54) is 19.2 Å². The third-order valence-corrected chi connectivity index (χ3v) is 4.22. The normalized spacial score (nSPS) is 12.0. The number of aryl methyl sites for hydroxylation is 1. The summed E-state index contributed by atoms with van der Waals surface area (Å²) >= 11 is 0. The summed E-state index contributed by atoms with van der Waals surface area (Å²) in [6.45, 7) is 1.62. The fourth-order valence-corrected chi connectivity index (χ4v) is 2.50. The first-order valence-electron chi connectivity index (χ1n) is 4.83. The summed E-state index contributed by atoms with van der Waals surface area (Å²) in [5, 5.41) is 8.72. The van der Waals surface area contributed by atoms with E-state index in [9.17, 15) is 8.42 Å². The molecular weight excluding hydrogens is 228 g/mol. The molecule has 1 aromatic carbocycles. The molecule has 1 rings (SSSR count). The van der Waals surface area contributed by atoms with Gasteiger partial charge in [0.2, 0.25) is 10.0 Å². The number of nitrogens with zero attached hydrogens (tertiary/aromatic N) is 1. The number of hydrogen-bond acceptors (Lipinski definition) is 4. The van der Waals surface area contributed by atoms with Crippen molar-refractivity contribution in [2.75, 3.05) is 25.9 Å². The summed E-state index contributed by atoms with van der Waals surface area (Å²) in [5.74, 6) is 0. The van der Waals surface area contributed by atoms with Crippen molar-refractivity contribution in [1.82, 2.24) is 4.31 Å². The lowest BCUT2D eigenvalue weighted by Gasteiger charge is -2.16. The molecule has 0 aliphatic carbocycles. The Morgan fingerprint density at radius 2 is 2.06 bits per heavy atom. The van der Waals surface area contributed by atoms with Crippen molar-refractivity contribution < 1.29 is 13.5 Å². The Morgan fingerprint density at radius 1 is 1.44 bits per heavy atom. The van der Waals surface area contributed by atoms with Crippen molar-refractivity contribution in [3.8, 4) is 0 Å². The Bertz CT molecular complexity index is 471. The summed E-state index contributed by atoms with van der Waals surface area (Å²) in [4.78, 5) is 0.190. The monoisotopic (exact) mass is 244 g/mol. The summed E-state index contributed by atoms with van der Waals surface area (Å²) in [5.41, 5.74) is 6.90. The van der Waals surface area contributed by atoms with Crippen LogP contribution in [0.4, 0.5) is 5.69 Å². The van der Waals surface area contributed by atoms with Gasteiger partial charge in [0.25, 0.3) is 0 Å². The summed E-state index contributed by atoms with van der Waals surface area (Å²) in [7, 11) is -2.09. The molecule has 0 aliphatic heterocycles. The topological polar surface area (TPSA) is 83.6 Å². The second kappa shape index (κ2) is 4.82. The van der Waals surface area contributed by atoms with E-state index in [0.29, 0.717) is 5.69 Å². The Hall–Kier alpha value is -1.11. The van der Waals surface area contributed by atoms with E-state index in [1.54, 1.807) is 13.0 Å². The van der Waals surface area contributed by atoms with Gasteiger partial charge in [0, 0.05) is 19.3 Å². The van der Waals surface area contributed by atoms with Crippen molar-refractivity contribution in [2.24, 2.45) is 0 Å². The lowest BCUT2D eigenvalue weighted by atomic mass is 10.2. The van der Waals surface area contributed by atoms with Crippen molar-refractivity contribution >= 4 is 15.7 Å². The molecule has 3 N–H and O–H groups in total. The van der Waals surface area contributed by atoms with E-state index in [1.807, 2.05) is 0 Å². The number of nitrogen functional groups attached to an aromatic ring is 1. The van der Waals surface area contributed by atoms with Gasteiger partial charge in [-0.3, -0.25) is 0 Å². The minimum Gasteiger partial charge on any atom is -0.399 e. The molecule has 0 aliphatic rings. The largest absolute Gasteiger partial charge is 0.399 e. The number of hydrogen-bond donors (Lipinski definition) is 2. The molecule has 0 spiro atoms. The van der Waals surface area contributed by atoms with Gasteiger partial charge in [0.05, 0.1) is 11.5 Å². The van der Waals surface area contributed by atoms with E-state index in [4.69, 9.17) is 10.8 Å². The molecule has 0 bridgehead atoms. The molecule has 0 amide bonds. The molecule has 6 heteroatoms. The number of anilines is 1. The Morgan fingerprint density at radius 3 is 2.56 bits per heavy atom. The van der Waals surface area contributed by atoms with Crippen LogP contribution in [-0.2, 0) is 10.0 Å². The Balaban J connectivity index is 3.12. The molecule has 0 radical (unpaired) electrons. The van der Waals surface area contributed by atoms with Crippen LogP contribution in [0.2, 0.25) is 0 Å². The van der Waals surface area contributed by atoms with Gasteiger partial charge < -0.3 is 10.8 Å². The van der Waals surface area contributed by atoms with Crippen LogP contribution in [0.5, 0.6) is 0 Å². The third-order valence-electron chi connectivity index (χ3n) is 2.36.